The van der Waals surface area contributed by atoms with Crippen LogP contribution < -0.4 is 10.9 Å². The van der Waals surface area contributed by atoms with Crippen molar-refractivity contribution >= 4 is 6.09 Å². The van der Waals surface area contributed by atoms with Crippen LogP contribution in [0.4, 0.5) is 4.79 Å². The van der Waals surface area contributed by atoms with Crippen molar-refractivity contribution in [1.82, 2.24) is 10.9 Å². The molecule has 0 heterocycles. The summed E-state index contributed by atoms with van der Waals surface area (Å²) in [4.78, 5) is 11.7. The number of ether oxygens (including phenoxy) is 1. The highest BCUT2D eigenvalue weighted by atomic mass is 16.6. The second kappa shape index (κ2) is 7.29. The van der Waals surface area contributed by atoms with Crippen LogP contribution >= 0.6 is 0 Å². The number of carbonyl (C=O) groups excluding carboxylic acids is 1. The molecule has 0 aromatic heterocycles. The molecular weight excluding hydrogens is 252 g/mol. The molecule has 1 amide bonds. The van der Waals surface area contributed by atoms with Gasteiger partial charge in [-0.25, -0.2) is 10.2 Å². The number of hydrogen-bond acceptors (Lipinski definition) is 3. The Morgan fingerprint density at radius 3 is 2.30 bits per heavy atom. The molecule has 4 nitrogen and oxygen atoms in total. The summed E-state index contributed by atoms with van der Waals surface area (Å²) < 4.78 is 5.22. The lowest BCUT2D eigenvalue weighted by Gasteiger charge is -2.24. The SMILES string of the molecule is CC(C)CC(NNC(=O)OC(C)(C)C)c1ccccc1. The largest absolute Gasteiger partial charge is 0.443 e. The summed E-state index contributed by atoms with van der Waals surface area (Å²) >= 11 is 0. The van der Waals surface area contributed by atoms with Gasteiger partial charge in [-0.3, -0.25) is 5.43 Å². The van der Waals surface area contributed by atoms with Gasteiger partial charge in [0.05, 0.1) is 6.04 Å². The van der Waals surface area contributed by atoms with Gasteiger partial charge in [-0.2, -0.15) is 0 Å². The van der Waals surface area contributed by atoms with Gasteiger partial charge < -0.3 is 4.74 Å². The highest BCUT2D eigenvalue weighted by molar-refractivity contribution is 5.67. The Bertz CT molecular complexity index is 410. The topological polar surface area (TPSA) is 50.4 Å². The molecule has 1 aromatic carbocycles. The van der Waals surface area contributed by atoms with Gasteiger partial charge in [0.1, 0.15) is 5.60 Å². The normalized spacial score (nSPS) is 13.1. The fraction of sp³-hybridized carbons (Fsp3) is 0.562. The number of hydrogen-bond donors (Lipinski definition) is 2. The van der Waals surface area contributed by atoms with E-state index in [0.717, 1.165) is 12.0 Å². The Balaban J connectivity index is 2.60. The number of rotatable bonds is 5. The van der Waals surface area contributed by atoms with Crippen LogP contribution in [0, 0.1) is 5.92 Å². The molecule has 1 unspecified atom stereocenters. The standard InChI is InChI=1S/C16H26N2O2/c1-12(2)11-14(13-9-7-6-8-10-13)17-18-15(19)20-16(3,4)5/h6-10,12,14,17H,11H2,1-5H3,(H,18,19). The lowest BCUT2D eigenvalue weighted by Crippen LogP contribution is -2.43. The van der Waals surface area contributed by atoms with Crippen molar-refractivity contribution in [2.24, 2.45) is 5.92 Å². The van der Waals surface area contributed by atoms with E-state index in [1.54, 1.807) is 0 Å². The summed E-state index contributed by atoms with van der Waals surface area (Å²) in [6, 6.07) is 10.2. The van der Waals surface area contributed by atoms with E-state index in [1.165, 1.54) is 0 Å². The Kier molecular flexibility index (Phi) is 6.02. The summed E-state index contributed by atoms with van der Waals surface area (Å²) in [7, 11) is 0. The average Bonchev–Trinajstić information content (AvgIpc) is 2.33. The average molecular weight is 278 g/mol. The quantitative estimate of drug-likeness (QED) is 0.805. The molecule has 0 aliphatic rings. The van der Waals surface area contributed by atoms with Gasteiger partial charge >= 0.3 is 6.09 Å². The van der Waals surface area contributed by atoms with Crippen LogP contribution in [0.15, 0.2) is 30.3 Å². The summed E-state index contributed by atoms with van der Waals surface area (Å²) in [5, 5.41) is 0. The zero-order valence-electron chi connectivity index (χ0n) is 13.1. The molecule has 2 N–H and O–H groups in total. The summed E-state index contributed by atoms with van der Waals surface area (Å²) in [5.74, 6) is 0.521. The molecule has 0 bridgehead atoms. The molecule has 4 heteroatoms. The van der Waals surface area contributed by atoms with Crippen LogP contribution in [0.2, 0.25) is 0 Å². The van der Waals surface area contributed by atoms with Gasteiger partial charge in [-0.05, 0) is 38.7 Å². The van der Waals surface area contributed by atoms with Crippen LogP contribution in [0.3, 0.4) is 0 Å². The van der Waals surface area contributed by atoms with E-state index in [9.17, 15) is 4.79 Å². The molecule has 0 spiro atoms. The molecule has 112 valence electrons. The molecule has 0 aliphatic heterocycles. The number of amides is 1. The van der Waals surface area contributed by atoms with Crippen molar-refractivity contribution < 1.29 is 9.53 Å². The first-order valence-electron chi connectivity index (χ1n) is 7.07. The molecule has 0 fully saturated rings. The zero-order valence-corrected chi connectivity index (χ0v) is 13.1. The van der Waals surface area contributed by atoms with Crippen molar-refractivity contribution in [3.63, 3.8) is 0 Å². The van der Waals surface area contributed by atoms with E-state index in [0.29, 0.717) is 5.92 Å². The first kappa shape index (κ1) is 16.5. The third kappa shape index (κ3) is 6.57. The van der Waals surface area contributed by atoms with Crippen LogP contribution in [0.5, 0.6) is 0 Å². The van der Waals surface area contributed by atoms with E-state index in [-0.39, 0.29) is 6.04 Å². The second-order valence-electron chi connectivity index (χ2n) is 6.36. The smallest absolute Gasteiger partial charge is 0.422 e. The van der Waals surface area contributed by atoms with Crippen LogP contribution in [0.25, 0.3) is 0 Å². The maximum atomic E-state index is 11.7. The predicted octanol–water partition coefficient (Wildman–Crippen LogP) is 3.80. The van der Waals surface area contributed by atoms with Gasteiger partial charge in [0.15, 0.2) is 0 Å². The van der Waals surface area contributed by atoms with E-state index in [1.807, 2.05) is 39.0 Å². The van der Waals surface area contributed by atoms with Gasteiger partial charge in [0, 0.05) is 0 Å². The van der Waals surface area contributed by atoms with Gasteiger partial charge in [0.2, 0.25) is 0 Å². The van der Waals surface area contributed by atoms with Gasteiger partial charge in [0.25, 0.3) is 0 Å². The van der Waals surface area contributed by atoms with E-state index in [2.05, 4.69) is 36.8 Å². The monoisotopic (exact) mass is 278 g/mol. The lowest BCUT2D eigenvalue weighted by molar-refractivity contribution is 0.0484. The van der Waals surface area contributed by atoms with Crippen molar-refractivity contribution in [3.8, 4) is 0 Å². The van der Waals surface area contributed by atoms with E-state index < -0.39 is 11.7 Å². The van der Waals surface area contributed by atoms with Gasteiger partial charge in [-0.15, -0.1) is 0 Å². The Hall–Kier alpha value is -1.55. The fourth-order valence-electron chi connectivity index (χ4n) is 1.88. The molecule has 1 aromatic rings. The fourth-order valence-corrected chi connectivity index (χ4v) is 1.88. The highest BCUT2D eigenvalue weighted by Gasteiger charge is 2.18. The minimum absolute atomic E-state index is 0.0729. The lowest BCUT2D eigenvalue weighted by atomic mass is 9.98. The summed E-state index contributed by atoms with van der Waals surface area (Å²) in [5.41, 5.74) is 6.35. The number of hydrazine groups is 1. The van der Waals surface area contributed by atoms with Crippen molar-refractivity contribution in [2.75, 3.05) is 0 Å². The Labute approximate surface area is 121 Å². The maximum absolute atomic E-state index is 11.7. The molecule has 0 aliphatic carbocycles. The van der Waals surface area contributed by atoms with Gasteiger partial charge in [-0.1, -0.05) is 44.2 Å². The molecule has 0 saturated carbocycles. The van der Waals surface area contributed by atoms with Crippen LogP contribution in [-0.4, -0.2) is 11.7 Å². The van der Waals surface area contributed by atoms with Crippen LogP contribution in [-0.2, 0) is 4.74 Å². The molecule has 1 rings (SSSR count). The molecular formula is C16H26N2O2. The zero-order chi connectivity index (χ0) is 15.2. The summed E-state index contributed by atoms with van der Waals surface area (Å²) in [6.07, 6.45) is 0.474. The maximum Gasteiger partial charge on any atom is 0.422 e. The van der Waals surface area contributed by atoms with E-state index >= 15 is 0 Å². The predicted molar refractivity (Wildman–Crippen MR) is 81.1 cm³/mol. The minimum Gasteiger partial charge on any atom is -0.443 e. The number of benzene rings is 1. The molecule has 1 atom stereocenters. The third-order valence-corrected chi connectivity index (χ3v) is 2.66. The molecule has 0 saturated heterocycles. The number of carbonyl (C=O) groups is 1. The van der Waals surface area contributed by atoms with Crippen molar-refractivity contribution in [3.05, 3.63) is 35.9 Å². The Morgan fingerprint density at radius 2 is 1.80 bits per heavy atom. The summed E-state index contributed by atoms with van der Waals surface area (Å²) in [6.45, 7) is 9.84. The second-order valence-corrected chi connectivity index (χ2v) is 6.36. The van der Waals surface area contributed by atoms with Crippen molar-refractivity contribution in [2.45, 2.75) is 52.7 Å². The molecule has 20 heavy (non-hydrogen) atoms. The van der Waals surface area contributed by atoms with E-state index in [4.69, 9.17) is 4.74 Å². The number of nitrogens with one attached hydrogen (secondary N) is 2. The van der Waals surface area contributed by atoms with Crippen LogP contribution in [0.1, 0.15) is 52.6 Å². The first-order valence-corrected chi connectivity index (χ1v) is 7.07. The Morgan fingerprint density at radius 1 is 1.20 bits per heavy atom. The molecule has 0 radical (unpaired) electrons. The minimum atomic E-state index is -0.494. The first-order chi connectivity index (χ1) is 9.28. The van der Waals surface area contributed by atoms with Crippen molar-refractivity contribution in [1.29, 1.82) is 0 Å². The highest BCUT2D eigenvalue weighted by Crippen LogP contribution is 2.20. The third-order valence-electron chi connectivity index (χ3n) is 2.66.